The van der Waals surface area contributed by atoms with Crippen LogP contribution in [-0.2, 0) is 9.59 Å². The number of halogens is 6. The minimum absolute atomic E-state index is 0.0171. The van der Waals surface area contributed by atoms with E-state index in [-0.39, 0.29) is 13.1 Å². The maximum absolute atomic E-state index is 11.9. The van der Waals surface area contributed by atoms with Gasteiger partial charge in [0.05, 0.1) is 0 Å². The molecule has 2 N–H and O–H groups in total. The number of carbonyl (C=O) groups excluding carboxylic acids is 2. The molecule has 2 amide bonds. The molecule has 4 nitrogen and oxygen atoms in total. The van der Waals surface area contributed by atoms with E-state index < -0.39 is 24.2 Å². The van der Waals surface area contributed by atoms with Crippen LogP contribution in [0.15, 0.2) is 0 Å². The Kier molecular flexibility index (Phi) is 12.1. The zero-order valence-electron chi connectivity index (χ0n) is 14.6. The quantitative estimate of drug-likeness (QED) is 0.364. The molecule has 0 radical (unpaired) electrons. The average Bonchev–Trinajstić information content (AvgIpc) is 2.52. The van der Waals surface area contributed by atoms with E-state index in [1.165, 1.54) is 0 Å². The number of hydrogen-bond acceptors (Lipinski definition) is 2. The second-order valence-corrected chi connectivity index (χ2v) is 6.04. The van der Waals surface area contributed by atoms with Gasteiger partial charge in [-0.2, -0.15) is 26.3 Å². The molecule has 0 aromatic rings. The highest BCUT2D eigenvalue weighted by Crippen LogP contribution is 2.15. The largest absolute Gasteiger partial charge is 0.471 e. The van der Waals surface area contributed by atoms with Crippen LogP contribution in [0.5, 0.6) is 0 Å². The third-order valence-corrected chi connectivity index (χ3v) is 3.69. The molecule has 0 aromatic heterocycles. The molecule has 26 heavy (non-hydrogen) atoms. The summed E-state index contributed by atoms with van der Waals surface area (Å²) >= 11 is 0. The van der Waals surface area contributed by atoms with E-state index in [1.54, 1.807) is 0 Å². The van der Waals surface area contributed by atoms with Gasteiger partial charge in [-0.3, -0.25) is 9.59 Å². The zero-order chi connectivity index (χ0) is 20.1. The highest BCUT2D eigenvalue weighted by Gasteiger charge is 2.38. The van der Waals surface area contributed by atoms with Crippen molar-refractivity contribution in [1.82, 2.24) is 10.6 Å². The number of hydrogen-bond donors (Lipinski definition) is 2. The van der Waals surface area contributed by atoms with Crippen molar-refractivity contribution in [2.75, 3.05) is 13.1 Å². The van der Waals surface area contributed by atoms with Gasteiger partial charge in [0, 0.05) is 13.1 Å². The summed E-state index contributed by atoms with van der Waals surface area (Å²) < 4.78 is 71.4. The first-order valence-corrected chi connectivity index (χ1v) is 8.75. The van der Waals surface area contributed by atoms with Crippen LogP contribution in [-0.4, -0.2) is 37.3 Å². The van der Waals surface area contributed by atoms with E-state index in [0.717, 1.165) is 51.4 Å². The Morgan fingerprint density at radius 1 is 0.500 bits per heavy atom. The van der Waals surface area contributed by atoms with Gasteiger partial charge < -0.3 is 10.6 Å². The number of amides is 2. The van der Waals surface area contributed by atoms with E-state index in [9.17, 15) is 35.9 Å². The molecule has 0 saturated carbocycles. The van der Waals surface area contributed by atoms with Crippen LogP contribution in [0.1, 0.15) is 64.2 Å². The topological polar surface area (TPSA) is 58.2 Å². The summed E-state index contributed by atoms with van der Waals surface area (Å²) in [5.74, 6) is -3.81. The summed E-state index contributed by atoms with van der Waals surface area (Å²) in [4.78, 5) is 21.1. The standard InChI is InChI=1S/C16H26F6N2O2/c17-15(18,19)13(25)23-11-9-7-5-3-1-2-4-6-8-10-12-24-14(26)16(20,21)22/h1-12H2,(H,23,25)(H,24,26). The Labute approximate surface area is 149 Å². The van der Waals surface area contributed by atoms with Gasteiger partial charge in [0.25, 0.3) is 0 Å². The van der Waals surface area contributed by atoms with Gasteiger partial charge in [0.15, 0.2) is 0 Å². The maximum Gasteiger partial charge on any atom is 0.471 e. The van der Waals surface area contributed by atoms with Gasteiger partial charge >= 0.3 is 24.2 Å². The van der Waals surface area contributed by atoms with Gasteiger partial charge in [-0.1, -0.05) is 51.4 Å². The van der Waals surface area contributed by atoms with Gasteiger partial charge in [0.2, 0.25) is 0 Å². The second-order valence-electron chi connectivity index (χ2n) is 6.04. The summed E-state index contributed by atoms with van der Waals surface area (Å²) in [6, 6.07) is 0. The summed E-state index contributed by atoms with van der Waals surface area (Å²) in [6.45, 7) is 0.0342. The zero-order valence-corrected chi connectivity index (χ0v) is 14.6. The molecule has 0 aliphatic heterocycles. The lowest BCUT2D eigenvalue weighted by Gasteiger charge is -2.08. The predicted octanol–water partition coefficient (Wildman–Crippen LogP) is 4.24. The van der Waals surface area contributed by atoms with Crippen molar-refractivity contribution in [3.8, 4) is 0 Å². The van der Waals surface area contributed by atoms with Crippen molar-refractivity contribution in [1.29, 1.82) is 0 Å². The number of rotatable bonds is 13. The number of unbranched alkanes of at least 4 members (excludes halogenated alkanes) is 9. The molecular weight excluding hydrogens is 366 g/mol. The number of carbonyl (C=O) groups is 2. The Morgan fingerprint density at radius 2 is 0.731 bits per heavy atom. The first-order chi connectivity index (χ1) is 12.0. The first-order valence-electron chi connectivity index (χ1n) is 8.75. The van der Waals surface area contributed by atoms with Crippen LogP contribution < -0.4 is 10.6 Å². The molecule has 0 aromatic carbocycles. The van der Waals surface area contributed by atoms with Crippen molar-refractivity contribution in [3.63, 3.8) is 0 Å². The molecule has 0 saturated heterocycles. The van der Waals surface area contributed by atoms with Gasteiger partial charge in [-0.05, 0) is 12.8 Å². The van der Waals surface area contributed by atoms with Crippen LogP contribution in [0.4, 0.5) is 26.3 Å². The van der Waals surface area contributed by atoms with Gasteiger partial charge in [-0.25, -0.2) is 0 Å². The SMILES string of the molecule is O=C(NCCCCCCCCCCCCNC(=O)C(F)(F)F)C(F)(F)F. The monoisotopic (exact) mass is 392 g/mol. The number of nitrogens with one attached hydrogen (secondary N) is 2. The van der Waals surface area contributed by atoms with Crippen molar-refractivity contribution in [2.45, 2.75) is 76.6 Å². The van der Waals surface area contributed by atoms with Crippen molar-refractivity contribution < 1.29 is 35.9 Å². The first kappa shape index (κ1) is 24.5. The summed E-state index contributed by atoms with van der Waals surface area (Å²) in [7, 11) is 0. The average molecular weight is 392 g/mol. The molecular formula is C16H26F6N2O2. The molecule has 0 fully saturated rings. The van der Waals surface area contributed by atoms with Crippen LogP contribution in [0.2, 0.25) is 0 Å². The minimum atomic E-state index is -4.83. The lowest BCUT2D eigenvalue weighted by Crippen LogP contribution is -2.37. The molecule has 0 bridgehead atoms. The normalized spacial score (nSPS) is 12.1. The molecule has 0 atom stereocenters. The summed E-state index contributed by atoms with van der Waals surface area (Å²) in [5, 5.41) is 3.64. The highest BCUT2D eigenvalue weighted by molar-refractivity contribution is 5.81. The fourth-order valence-electron chi connectivity index (χ4n) is 2.27. The van der Waals surface area contributed by atoms with Crippen molar-refractivity contribution in [2.24, 2.45) is 0 Å². The second kappa shape index (κ2) is 12.8. The summed E-state index contributed by atoms with van der Waals surface area (Å²) in [6.07, 6.45) is -1.52. The Balaban J connectivity index is 3.28. The third kappa shape index (κ3) is 13.8. The molecule has 0 unspecified atom stereocenters. The molecule has 10 heteroatoms. The van der Waals surface area contributed by atoms with Crippen LogP contribution in [0.25, 0.3) is 0 Å². The third-order valence-electron chi connectivity index (χ3n) is 3.69. The van der Waals surface area contributed by atoms with E-state index in [0.29, 0.717) is 12.8 Å². The lowest BCUT2D eigenvalue weighted by molar-refractivity contribution is -0.173. The fourth-order valence-corrected chi connectivity index (χ4v) is 2.27. The smallest absolute Gasteiger partial charge is 0.348 e. The molecule has 154 valence electrons. The Morgan fingerprint density at radius 3 is 0.962 bits per heavy atom. The molecule has 0 spiro atoms. The predicted molar refractivity (Wildman–Crippen MR) is 84.3 cm³/mol. The van der Waals surface area contributed by atoms with Crippen molar-refractivity contribution in [3.05, 3.63) is 0 Å². The minimum Gasteiger partial charge on any atom is -0.348 e. The fraction of sp³-hybridized carbons (Fsp3) is 0.875. The Hall–Kier alpha value is -1.48. The van der Waals surface area contributed by atoms with E-state index in [1.807, 2.05) is 10.6 Å². The number of alkyl halides is 6. The van der Waals surface area contributed by atoms with Gasteiger partial charge in [0.1, 0.15) is 0 Å². The van der Waals surface area contributed by atoms with Crippen LogP contribution >= 0.6 is 0 Å². The van der Waals surface area contributed by atoms with E-state index >= 15 is 0 Å². The lowest BCUT2D eigenvalue weighted by atomic mass is 10.1. The maximum atomic E-state index is 11.9. The molecule has 0 aliphatic rings. The Bertz CT molecular complexity index is 373. The van der Waals surface area contributed by atoms with Crippen LogP contribution in [0, 0.1) is 0 Å². The van der Waals surface area contributed by atoms with Crippen molar-refractivity contribution >= 4 is 11.8 Å². The van der Waals surface area contributed by atoms with E-state index in [2.05, 4.69) is 0 Å². The van der Waals surface area contributed by atoms with E-state index in [4.69, 9.17) is 0 Å². The highest BCUT2D eigenvalue weighted by atomic mass is 19.4. The molecule has 0 aliphatic carbocycles. The summed E-state index contributed by atoms with van der Waals surface area (Å²) in [5.41, 5.74) is 0. The van der Waals surface area contributed by atoms with Gasteiger partial charge in [-0.15, -0.1) is 0 Å². The van der Waals surface area contributed by atoms with Crippen LogP contribution in [0.3, 0.4) is 0 Å². The molecule has 0 rings (SSSR count). The molecule has 0 heterocycles.